The number of nitrogens with one attached hydrogen (secondary N) is 1. The van der Waals surface area contributed by atoms with E-state index in [1.165, 1.54) is 22.4 Å². The van der Waals surface area contributed by atoms with Crippen molar-refractivity contribution >= 4 is 21.6 Å². The van der Waals surface area contributed by atoms with Crippen LogP contribution in [0.5, 0.6) is 5.75 Å². The van der Waals surface area contributed by atoms with Crippen LogP contribution in [-0.4, -0.2) is 7.11 Å². The van der Waals surface area contributed by atoms with Crippen LogP contribution in [0.4, 0.5) is 5.69 Å². The Morgan fingerprint density at radius 3 is 2.55 bits per heavy atom. The molecule has 2 nitrogen and oxygen atoms in total. The smallest absolute Gasteiger partial charge is 0.133 e. The molecule has 0 saturated carbocycles. The van der Waals surface area contributed by atoms with Gasteiger partial charge in [-0.15, -0.1) is 0 Å². The summed E-state index contributed by atoms with van der Waals surface area (Å²) in [6.45, 7) is 6.44. The second kappa shape index (κ2) is 6.31. The molecule has 1 N–H and O–H groups in total. The Morgan fingerprint density at radius 1 is 1.15 bits per heavy atom. The van der Waals surface area contributed by atoms with E-state index in [0.29, 0.717) is 0 Å². The van der Waals surface area contributed by atoms with Crippen LogP contribution >= 0.6 is 15.9 Å². The van der Waals surface area contributed by atoms with Gasteiger partial charge in [0.25, 0.3) is 0 Å². The molecule has 0 radical (unpaired) electrons. The second-order valence-corrected chi connectivity index (χ2v) is 5.86. The van der Waals surface area contributed by atoms with Gasteiger partial charge in [0.2, 0.25) is 0 Å². The molecule has 1 unspecified atom stereocenters. The highest BCUT2D eigenvalue weighted by Crippen LogP contribution is 2.30. The lowest BCUT2D eigenvalue weighted by Crippen LogP contribution is -2.08. The molecule has 0 saturated heterocycles. The monoisotopic (exact) mass is 333 g/mol. The zero-order chi connectivity index (χ0) is 14.7. The van der Waals surface area contributed by atoms with Crippen molar-refractivity contribution in [3.8, 4) is 5.75 Å². The predicted molar refractivity (Wildman–Crippen MR) is 88.6 cm³/mol. The van der Waals surface area contributed by atoms with Crippen molar-refractivity contribution in [3.63, 3.8) is 0 Å². The summed E-state index contributed by atoms with van der Waals surface area (Å²) in [5.74, 6) is 0.854. The number of rotatable bonds is 4. The maximum absolute atomic E-state index is 5.27. The maximum Gasteiger partial charge on any atom is 0.133 e. The van der Waals surface area contributed by atoms with E-state index in [9.17, 15) is 0 Å². The molecule has 0 heterocycles. The second-order valence-electron chi connectivity index (χ2n) is 5.01. The number of benzene rings is 2. The maximum atomic E-state index is 5.27. The zero-order valence-electron chi connectivity index (χ0n) is 12.3. The van der Waals surface area contributed by atoms with E-state index < -0.39 is 0 Å². The van der Waals surface area contributed by atoms with Crippen LogP contribution in [0, 0.1) is 13.8 Å². The average Bonchev–Trinajstić information content (AvgIpc) is 2.43. The summed E-state index contributed by atoms with van der Waals surface area (Å²) < 4.78 is 6.24. The minimum Gasteiger partial charge on any atom is -0.496 e. The minimum atomic E-state index is 0.234. The van der Waals surface area contributed by atoms with Gasteiger partial charge in [0, 0.05) is 11.7 Å². The topological polar surface area (TPSA) is 21.3 Å². The van der Waals surface area contributed by atoms with E-state index in [1.807, 2.05) is 6.07 Å². The third-order valence-corrected chi connectivity index (χ3v) is 4.27. The fourth-order valence-corrected chi connectivity index (χ4v) is 2.73. The number of anilines is 1. The number of hydrogen-bond acceptors (Lipinski definition) is 2. The van der Waals surface area contributed by atoms with E-state index in [1.54, 1.807) is 7.11 Å². The molecule has 20 heavy (non-hydrogen) atoms. The predicted octanol–water partition coefficient (Wildman–Crippen LogP) is 5.25. The Morgan fingerprint density at radius 2 is 1.90 bits per heavy atom. The molecule has 2 rings (SSSR count). The highest BCUT2D eigenvalue weighted by molar-refractivity contribution is 9.10. The Labute approximate surface area is 129 Å². The highest BCUT2D eigenvalue weighted by Gasteiger charge is 2.10. The third-order valence-electron chi connectivity index (χ3n) is 3.65. The van der Waals surface area contributed by atoms with Gasteiger partial charge in [-0.1, -0.05) is 18.2 Å². The van der Waals surface area contributed by atoms with E-state index in [0.717, 1.165) is 10.2 Å². The Balaban J connectivity index is 2.21. The van der Waals surface area contributed by atoms with Crippen LogP contribution in [0.1, 0.15) is 29.7 Å². The van der Waals surface area contributed by atoms with Crippen molar-refractivity contribution in [2.24, 2.45) is 0 Å². The molecule has 0 bridgehead atoms. The van der Waals surface area contributed by atoms with Crippen molar-refractivity contribution < 1.29 is 4.74 Å². The van der Waals surface area contributed by atoms with Crippen LogP contribution in [0.25, 0.3) is 0 Å². The SMILES string of the molecule is COc1ccc(C(C)Nc2cccc(C)c2C)cc1Br. The normalized spacial score (nSPS) is 12.1. The summed E-state index contributed by atoms with van der Waals surface area (Å²) in [6.07, 6.45) is 0. The summed E-state index contributed by atoms with van der Waals surface area (Å²) in [7, 11) is 1.68. The summed E-state index contributed by atoms with van der Waals surface area (Å²) in [5.41, 5.74) is 5.01. The first-order valence-electron chi connectivity index (χ1n) is 6.69. The van der Waals surface area contributed by atoms with Crippen molar-refractivity contribution in [3.05, 3.63) is 57.6 Å². The first kappa shape index (κ1) is 14.9. The number of methoxy groups -OCH3 is 1. The Bertz CT molecular complexity index is 610. The lowest BCUT2D eigenvalue weighted by atomic mass is 10.0. The fraction of sp³-hybridized carbons (Fsp3) is 0.294. The van der Waals surface area contributed by atoms with Crippen LogP contribution in [0.2, 0.25) is 0 Å². The molecule has 2 aromatic carbocycles. The van der Waals surface area contributed by atoms with Crippen LogP contribution in [0.3, 0.4) is 0 Å². The number of halogens is 1. The van der Waals surface area contributed by atoms with Crippen molar-refractivity contribution in [1.29, 1.82) is 0 Å². The molecule has 0 spiro atoms. The quantitative estimate of drug-likeness (QED) is 0.825. The summed E-state index contributed by atoms with van der Waals surface area (Å²) in [4.78, 5) is 0. The van der Waals surface area contributed by atoms with E-state index in [-0.39, 0.29) is 6.04 Å². The molecular weight excluding hydrogens is 314 g/mol. The van der Waals surface area contributed by atoms with Gasteiger partial charge in [-0.05, 0) is 71.6 Å². The molecule has 0 aliphatic rings. The zero-order valence-corrected chi connectivity index (χ0v) is 13.9. The number of aryl methyl sites for hydroxylation is 1. The molecular formula is C17H20BrNO. The molecule has 0 aromatic heterocycles. The molecule has 0 amide bonds. The van der Waals surface area contributed by atoms with Gasteiger partial charge in [0.05, 0.1) is 11.6 Å². The summed E-state index contributed by atoms with van der Waals surface area (Å²) >= 11 is 3.53. The molecule has 0 fully saturated rings. The average molecular weight is 334 g/mol. The first-order chi connectivity index (χ1) is 9.52. The van der Waals surface area contributed by atoms with Gasteiger partial charge in [-0.25, -0.2) is 0 Å². The standard InChI is InChI=1S/C17H20BrNO/c1-11-6-5-7-16(12(11)2)19-13(3)14-8-9-17(20-4)15(18)10-14/h5-10,13,19H,1-4H3. The largest absolute Gasteiger partial charge is 0.496 e. The third kappa shape index (κ3) is 3.15. The van der Waals surface area contributed by atoms with Crippen molar-refractivity contribution in [2.75, 3.05) is 12.4 Å². The number of ether oxygens (including phenoxy) is 1. The molecule has 0 aliphatic heterocycles. The van der Waals surface area contributed by atoms with Gasteiger partial charge in [-0.2, -0.15) is 0 Å². The Kier molecular flexibility index (Phi) is 4.71. The number of hydrogen-bond donors (Lipinski definition) is 1. The van der Waals surface area contributed by atoms with Crippen molar-refractivity contribution in [1.82, 2.24) is 0 Å². The van der Waals surface area contributed by atoms with Gasteiger partial charge < -0.3 is 10.1 Å². The van der Waals surface area contributed by atoms with Crippen molar-refractivity contribution in [2.45, 2.75) is 26.8 Å². The van der Waals surface area contributed by atoms with Crippen LogP contribution in [0.15, 0.2) is 40.9 Å². The molecule has 106 valence electrons. The first-order valence-corrected chi connectivity index (χ1v) is 7.48. The highest BCUT2D eigenvalue weighted by atomic mass is 79.9. The van der Waals surface area contributed by atoms with Crippen LogP contribution in [-0.2, 0) is 0 Å². The lowest BCUT2D eigenvalue weighted by molar-refractivity contribution is 0.412. The summed E-state index contributed by atoms with van der Waals surface area (Å²) in [6, 6.07) is 12.8. The van der Waals surface area contributed by atoms with E-state index in [2.05, 4.69) is 72.3 Å². The molecule has 1 atom stereocenters. The van der Waals surface area contributed by atoms with E-state index >= 15 is 0 Å². The minimum absolute atomic E-state index is 0.234. The molecule has 2 aromatic rings. The van der Waals surface area contributed by atoms with E-state index in [4.69, 9.17) is 4.74 Å². The van der Waals surface area contributed by atoms with Gasteiger partial charge in [0.15, 0.2) is 0 Å². The molecule has 0 aliphatic carbocycles. The van der Waals surface area contributed by atoms with Gasteiger partial charge >= 0.3 is 0 Å². The van der Waals surface area contributed by atoms with Gasteiger partial charge in [-0.3, -0.25) is 0 Å². The lowest BCUT2D eigenvalue weighted by Gasteiger charge is -2.19. The Hall–Kier alpha value is -1.48. The fourth-order valence-electron chi connectivity index (χ4n) is 2.18. The summed E-state index contributed by atoms with van der Waals surface area (Å²) in [5, 5.41) is 3.57. The van der Waals surface area contributed by atoms with Gasteiger partial charge in [0.1, 0.15) is 5.75 Å². The molecule has 3 heteroatoms. The van der Waals surface area contributed by atoms with Crippen LogP contribution < -0.4 is 10.1 Å².